The zero-order valence-electron chi connectivity index (χ0n) is 14.6. The van der Waals surface area contributed by atoms with Gasteiger partial charge in [-0.15, -0.1) is 0 Å². The molecule has 0 aliphatic carbocycles. The van der Waals surface area contributed by atoms with Gasteiger partial charge in [0, 0.05) is 16.8 Å². The minimum atomic E-state index is -0.231. The van der Waals surface area contributed by atoms with Crippen LogP contribution < -0.4 is 14.8 Å². The number of halogens is 1. The molecule has 0 saturated carbocycles. The fraction of sp³-hybridized carbons (Fsp3) is 0.250. The Hall–Kier alpha value is -2.46. The number of ether oxygens (including phenoxy) is 2. The minimum absolute atomic E-state index is 0.231. The average molecular weight is 360 g/mol. The highest BCUT2D eigenvalue weighted by atomic mass is 35.5. The second kappa shape index (κ2) is 9.14. The summed E-state index contributed by atoms with van der Waals surface area (Å²) in [5, 5.41) is 3.40. The first-order valence-corrected chi connectivity index (χ1v) is 8.47. The molecule has 0 bridgehead atoms. The number of anilines is 1. The molecule has 2 rings (SSSR count). The highest BCUT2D eigenvalue weighted by molar-refractivity contribution is 6.31. The zero-order chi connectivity index (χ0) is 18.2. The number of hydrogen-bond donors (Lipinski definition) is 1. The van der Waals surface area contributed by atoms with Crippen LogP contribution in [-0.2, 0) is 4.79 Å². The van der Waals surface area contributed by atoms with Gasteiger partial charge in [0.2, 0.25) is 5.91 Å². The molecule has 0 fully saturated rings. The van der Waals surface area contributed by atoms with E-state index in [-0.39, 0.29) is 5.91 Å². The van der Waals surface area contributed by atoms with Crippen LogP contribution in [-0.4, -0.2) is 19.6 Å². The molecule has 1 amide bonds. The van der Waals surface area contributed by atoms with Crippen LogP contribution in [0.5, 0.6) is 11.5 Å². The van der Waals surface area contributed by atoms with Crippen molar-refractivity contribution in [3.8, 4) is 11.5 Å². The quantitative estimate of drug-likeness (QED) is 0.700. The Bertz CT molecular complexity index is 772. The van der Waals surface area contributed by atoms with Crippen LogP contribution in [0.25, 0.3) is 6.08 Å². The van der Waals surface area contributed by atoms with Crippen LogP contribution in [0, 0.1) is 6.92 Å². The van der Waals surface area contributed by atoms with Gasteiger partial charge in [-0.05, 0) is 54.8 Å². The first kappa shape index (κ1) is 18.9. The molecule has 25 heavy (non-hydrogen) atoms. The predicted octanol–water partition coefficient (Wildman–Crippen LogP) is 5.10. The Morgan fingerprint density at radius 3 is 2.68 bits per heavy atom. The zero-order valence-corrected chi connectivity index (χ0v) is 15.4. The maximum Gasteiger partial charge on any atom is 0.248 e. The topological polar surface area (TPSA) is 47.6 Å². The summed E-state index contributed by atoms with van der Waals surface area (Å²) >= 11 is 6.06. The van der Waals surface area contributed by atoms with Gasteiger partial charge in [-0.25, -0.2) is 0 Å². The van der Waals surface area contributed by atoms with E-state index < -0.39 is 0 Å². The molecule has 0 aromatic heterocycles. The fourth-order valence-corrected chi connectivity index (χ4v) is 2.33. The highest BCUT2D eigenvalue weighted by Gasteiger charge is 2.05. The summed E-state index contributed by atoms with van der Waals surface area (Å²) in [4.78, 5) is 12.0. The van der Waals surface area contributed by atoms with Crippen molar-refractivity contribution in [3.63, 3.8) is 0 Å². The second-order valence-electron chi connectivity index (χ2n) is 5.55. The lowest BCUT2D eigenvalue weighted by Crippen LogP contribution is -2.07. The largest absolute Gasteiger partial charge is 0.493 e. The Labute approximate surface area is 153 Å². The van der Waals surface area contributed by atoms with E-state index >= 15 is 0 Å². The van der Waals surface area contributed by atoms with E-state index in [0.29, 0.717) is 28.8 Å². The molecule has 2 aromatic rings. The van der Waals surface area contributed by atoms with E-state index in [2.05, 4.69) is 5.32 Å². The summed E-state index contributed by atoms with van der Waals surface area (Å²) in [6, 6.07) is 11.0. The third kappa shape index (κ3) is 5.54. The van der Waals surface area contributed by atoms with Crippen LogP contribution in [0.3, 0.4) is 0 Å². The van der Waals surface area contributed by atoms with Crippen LogP contribution >= 0.6 is 11.6 Å². The van der Waals surface area contributed by atoms with E-state index in [9.17, 15) is 4.79 Å². The van der Waals surface area contributed by atoms with Gasteiger partial charge >= 0.3 is 0 Å². The van der Waals surface area contributed by atoms with E-state index in [0.717, 1.165) is 17.5 Å². The molecule has 2 aromatic carbocycles. The number of hydrogen-bond acceptors (Lipinski definition) is 3. The monoisotopic (exact) mass is 359 g/mol. The van der Waals surface area contributed by atoms with E-state index in [1.165, 1.54) is 6.08 Å². The van der Waals surface area contributed by atoms with Gasteiger partial charge in [-0.1, -0.05) is 30.7 Å². The van der Waals surface area contributed by atoms with Crippen molar-refractivity contribution < 1.29 is 14.3 Å². The second-order valence-corrected chi connectivity index (χ2v) is 5.95. The molecule has 0 aliphatic heterocycles. The average Bonchev–Trinajstić information content (AvgIpc) is 2.61. The molecule has 4 nitrogen and oxygen atoms in total. The summed E-state index contributed by atoms with van der Waals surface area (Å²) in [6.45, 7) is 4.59. The van der Waals surface area contributed by atoms with Crippen molar-refractivity contribution in [2.24, 2.45) is 0 Å². The molecule has 0 spiro atoms. The number of methoxy groups -OCH3 is 1. The Kier molecular flexibility index (Phi) is 6.90. The minimum Gasteiger partial charge on any atom is -0.493 e. The van der Waals surface area contributed by atoms with Gasteiger partial charge in [0.1, 0.15) is 0 Å². The van der Waals surface area contributed by atoms with Gasteiger partial charge in [-0.3, -0.25) is 4.79 Å². The highest BCUT2D eigenvalue weighted by Crippen LogP contribution is 2.28. The fourth-order valence-electron chi connectivity index (χ4n) is 2.15. The van der Waals surface area contributed by atoms with Gasteiger partial charge in [-0.2, -0.15) is 0 Å². The molecule has 132 valence electrons. The van der Waals surface area contributed by atoms with Crippen molar-refractivity contribution >= 4 is 29.3 Å². The van der Waals surface area contributed by atoms with E-state index in [1.54, 1.807) is 19.3 Å². The van der Waals surface area contributed by atoms with Crippen molar-refractivity contribution in [2.45, 2.75) is 20.3 Å². The number of rotatable bonds is 7. The van der Waals surface area contributed by atoms with Gasteiger partial charge in [0.05, 0.1) is 13.7 Å². The standard InChI is InChI=1S/C20H22ClNO3/c1-4-11-25-18-9-6-15(12-19(18)24-3)7-10-20(23)22-16-8-5-14(2)17(21)13-16/h5-10,12-13H,4,11H2,1-3H3,(H,22,23)/b10-7+. The van der Waals surface area contributed by atoms with Crippen molar-refractivity contribution in [1.82, 2.24) is 0 Å². The summed E-state index contributed by atoms with van der Waals surface area (Å²) in [6.07, 6.45) is 4.11. The molecule has 0 aliphatic rings. The van der Waals surface area contributed by atoms with Crippen molar-refractivity contribution in [1.29, 1.82) is 0 Å². The molecule has 0 saturated heterocycles. The SMILES string of the molecule is CCCOc1ccc(/C=C/C(=O)Nc2ccc(C)c(Cl)c2)cc1OC. The molecule has 0 heterocycles. The van der Waals surface area contributed by atoms with Crippen LogP contribution in [0.2, 0.25) is 5.02 Å². The lowest BCUT2D eigenvalue weighted by atomic mass is 10.2. The molecule has 0 unspecified atom stereocenters. The first-order valence-electron chi connectivity index (χ1n) is 8.09. The maximum atomic E-state index is 12.0. The number of nitrogens with one attached hydrogen (secondary N) is 1. The molecule has 1 N–H and O–H groups in total. The number of benzene rings is 2. The van der Waals surface area contributed by atoms with Gasteiger partial charge in [0.15, 0.2) is 11.5 Å². The summed E-state index contributed by atoms with van der Waals surface area (Å²) in [5.41, 5.74) is 2.47. The number of amides is 1. The third-order valence-electron chi connectivity index (χ3n) is 3.52. The van der Waals surface area contributed by atoms with Crippen molar-refractivity contribution in [2.75, 3.05) is 19.0 Å². The normalized spacial score (nSPS) is 10.7. The predicted molar refractivity (Wildman–Crippen MR) is 103 cm³/mol. The Morgan fingerprint density at radius 2 is 2.00 bits per heavy atom. The van der Waals surface area contributed by atoms with Crippen molar-refractivity contribution in [3.05, 3.63) is 58.6 Å². The molecule has 5 heteroatoms. The molecular formula is C20H22ClNO3. The molecular weight excluding hydrogens is 338 g/mol. The maximum absolute atomic E-state index is 12.0. The van der Waals surface area contributed by atoms with E-state index in [1.807, 2.05) is 44.2 Å². The number of carbonyl (C=O) groups excluding carboxylic acids is 1. The van der Waals surface area contributed by atoms with Crippen LogP contribution in [0.15, 0.2) is 42.5 Å². The number of carbonyl (C=O) groups is 1. The van der Waals surface area contributed by atoms with Gasteiger partial charge < -0.3 is 14.8 Å². The third-order valence-corrected chi connectivity index (χ3v) is 3.92. The van der Waals surface area contributed by atoms with Gasteiger partial charge in [0.25, 0.3) is 0 Å². The summed E-state index contributed by atoms with van der Waals surface area (Å²) < 4.78 is 11.0. The summed E-state index contributed by atoms with van der Waals surface area (Å²) in [5.74, 6) is 1.10. The molecule has 0 radical (unpaired) electrons. The number of aryl methyl sites for hydroxylation is 1. The smallest absolute Gasteiger partial charge is 0.248 e. The molecule has 0 atom stereocenters. The lowest BCUT2D eigenvalue weighted by Gasteiger charge is -2.10. The summed E-state index contributed by atoms with van der Waals surface area (Å²) in [7, 11) is 1.59. The van der Waals surface area contributed by atoms with Crippen LogP contribution in [0.1, 0.15) is 24.5 Å². The Morgan fingerprint density at radius 1 is 1.20 bits per heavy atom. The Balaban J connectivity index is 2.04. The van der Waals surface area contributed by atoms with E-state index in [4.69, 9.17) is 21.1 Å². The first-order chi connectivity index (χ1) is 12.0. The van der Waals surface area contributed by atoms with Crippen LogP contribution in [0.4, 0.5) is 5.69 Å². The lowest BCUT2D eigenvalue weighted by molar-refractivity contribution is -0.111.